The molecule has 0 saturated carbocycles. The summed E-state index contributed by atoms with van der Waals surface area (Å²) in [5.74, 6) is 0. The molecule has 0 aromatic heterocycles. The van der Waals surface area contributed by atoms with E-state index in [2.05, 4.69) is 135 Å². The lowest BCUT2D eigenvalue weighted by molar-refractivity contribution is 1.04. The first-order valence-corrected chi connectivity index (χ1v) is 16.3. The highest BCUT2D eigenvalue weighted by Crippen LogP contribution is 2.58. The Morgan fingerprint density at radius 1 is 0.378 bits per heavy atom. The smallest absolute Gasteiger partial charge is 0.0152 e. The van der Waals surface area contributed by atoms with E-state index in [1.807, 2.05) is 0 Å². The van der Waals surface area contributed by atoms with E-state index < -0.39 is 15.8 Å². The zero-order chi connectivity index (χ0) is 26.9. The standard InChI is InChI=1S/C35H42P2/c1-10-35(36(31-15-23(2)11-24(3)16-31)32-17-25(4)12-26(5)18-32)37(33-19-27(6)13-28(7)20-33)34-21-29(8)14-30(9)22-34/h11-22,35H,10H2,1-9H3. The summed E-state index contributed by atoms with van der Waals surface area (Å²) in [4.78, 5) is 0. The van der Waals surface area contributed by atoms with E-state index in [0.717, 1.165) is 6.42 Å². The average molecular weight is 525 g/mol. The Morgan fingerprint density at radius 3 is 0.730 bits per heavy atom. The molecule has 0 atom stereocenters. The fourth-order valence-corrected chi connectivity index (χ4v) is 13.8. The number of hydrogen-bond acceptors (Lipinski definition) is 0. The van der Waals surface area contributed by atoms with Crippen LogP contribution in [0.5, 0.6) is 0 Å². The Labute approximate surface area is 228 Å². The summed E-state index contributed by atoms with van der Waals surface area (Å²) >= 11 is 0. The van der Waals surface area contributed by atoms with Gasteiger partial charge in [0.25, 0.3) is 0 Å². The van der Waals surface area contributed by atoms with Crippen LogP contribution in [0.3, 0.4) is 0 Å². The van der Waals surface area contributed by atoms with Crippen LogP contribution in [-0.4, -0.2) is 5.40 Å². The van der Waals surface area contributed by atoms with Gasteiger partial charge in [-0.25, -0.2) is 0 Å². The third-order valence-corrected chi connectivity index (χ3v) is 13.5. The number of aryl methyl sites for hydroxylation is 8. The van der Waals surface area contributed by atoms with Crippen molar-refractivity contribution in [2.75, 3.05) is 0 Å². The minimum Gasteiger partial charge on any atom is -0.0644 e. The summed E-state index contributed by atoms with van der Waals surface area (Å²) in [6.07, 6.45) is 1.15. The second-order valence-electron chi connectivity index (χ2n) is 11.0. The van der Waals surface area contributed by atoms with Crippen LogP contribution in [0.25, 0.3) is 0 Å². The van der Waals surface area contributed by atoms with Crippen molar-refractivity contribution in [3.8, 4) is 0 Å². The molecule has 0 saturated heterocycles. The van der Waals surface area contributed by atoms with Crippen molar-refractivity contribution in [2.24, 2.45) is 0 Å². The predicted molar refractivity (Wildman–Crippen MR) is 170 cm³/mol. The summed E-state index contributed by atoms with van der Waals surface area (Å²) in [6.45, 7) is 20.4. The van der Waals surface area contributed by atoms with Crippen molar-refractivity contribution in [2.45, 2.75) is 74.1 Å². The Morgan fingerprint density at radius 2 is 0.568 bits per heavy atom. The highest BCUT2D eigenvalue weighted by molar-refractivity contribution is 7.89. The second-order valence-corrected chi connectivity index (χ2v) is 16.2. The average Bonchev–Trinajstić information content (AvgIpc) is 2.76. The zero-order valence-corrected chi connectivity index (χ0v) is 25.9. The van der Waals surface area contributed by atoms with Crippen LogP contribution in [-0.2, 0) is 0 Å². The largest absolute Gasteiger partial charge is 0.0644 e. The Bertz CT molecular complexity index is 1120. The molecule has 37 heavy (non-hydrogen) atoms. The van der Waals surface area contributed by atoms with Gasteiger partial charge < -0.3 is 0 Å². The molecule has 0 N–H and O–H groups in total. The SMILES string of the molecule is CCC(P(c1cc(C)cc(C)c1)c1cc(C)cc(C)c1)P(c1cc(C)cc(C)c1)c1cc(C)cc(C)c1. The minimum atomic E-state index is -0.576. The topological polar surface area (TPSA) is 0 Å². The molecule has 4 aromatic carbocycles. The van der Waals surface area contributed by atoms with Gasteiger partial charge >= 0.3 is 0 Å². The van der Waals surface area contributed by atoms with Crippen LogP contribution < -0.4 is 21.2 Å². The van der Waals surface area contributed by atoms with E-state index in [4.69, 9.17) is 0 Å². The quantitative estimate of drug-likeness (QED) is 0.213. The van der Waals surface area contributed by atoms with Gasteiger partial charge in [-0.15, -0.1) is 0 Å². The zero-order valence-electron chi connectivity index (χ0n) is 24.1. The fraction of sp³-hybridized carbons (Fsp3) is 0.314. The van der Waals surface area contributed by atoms with E-state index in [0.29, 0.717) is 5.40 Å². The Hall–Kier alpha value is -2.26. The monoisotopic (exact) mass is 524 g/mol. The summed E-state index contributed by atoms with van der Waals surface area (Å²) in [5, 5.41) is 6.61. The molecule has 2 heteroatoms. The fourth-order valence-electron chi connectivity index (χ4n) is 5.83. The molecule has 0 fully saturated rings. The van der Waals surface area contributed by atoms with Gasteiger partial charge in [0, 0.05) is 5.40 Å². The molecule has 0 amide bonds. The first-order chi connectivity index (χ1) is 17.5. The van der Waals surface area contributed by atoms with Gasteiger partial charge in [0.2, 0.25) is 0 Å². The number of rotatable bonds is 7. The number of hydrogen-bond donors (Lipinski definition) is 0. The molecule has 192 valence electrons. The molecule has 0 nitrogen and oxygen atoms in total. The van der Waals surface area contributed by atoms with Crippen LogP contribution in [0.15, 0.2) is 72.8 Å². The molecule has 4 rings (SSSR count). The lowest BCUT2D eigenvalue weighted by atomic mass is 10.2. The molecule has 0 heterocycles. The van der Waals surface area contributed by atoms with E-state index in [9.17, 15) is 0 Å². The van der Waals surface area contributed by atoms with Crippen LogP contribution in [0, 0.1) is 55.4 Å². The normalized spacial score (nSPS) is 11.7. The molecule has 0 aliphatic heterocycles. The first-order valence-electron chi connectivity index (χ1n) is 13.5. The third kappa shape index (κ3) is 6.60. The van der Waals surface area contributed by atoms with E-state index in [-0.39, 0.29) is 0 Å². The molecule has 0 aliphatic rings. The van der Waals surface area contributed by atoms with E-state index in [1.54, 1.807) is 0 Å². The summed E-state index contributed by atoms with van der Waals surface area (Å²) in [5.41, 5.74) is 10.9. The van der Waals surface area contributed by atoms with Gasteiger partial charge in [0.15, 0.2) is 0 Å². The Balaban J connectivity index is 2.03. The summed E-state index contributed by atoms with van der Waals surface area (Å²) in [6, 6.07) is 29.0. The molecule has 0 aliphatic carbocycles. The van der Waals surface area contributed by atoms with Gasteiger partial charge in [-0.05, 0) is 98.9 Å². The third-order valence-electron chi connectivity index (χ3n) is 6.90. The molecule has 0 bridgehead atoms. The maximum Gasteiger partial charge on any atom is 0.0152 e. The second kappa shape index (κ2) is 11.6. The molecule has 0 spiro atoms. The Kier molecular flexibility index (Phi) is 8.74. The van der Waals surface area contributed by atoms with Gasteiger partial charge in [0.05, 0.1) is 0 Å². The van der Waals surface area contributed by atoms with Crippen LogP contribution in [0.4, 0.5) is 0 Å². The molecular formula is C35H42P2. The van der Waals surface area contributed by atoms with Crippen LogP contribution in [0.1, 0.15) is 57.9 Å². The van der Waals surface area contributed by atoms with Gasteiger partial charge in [-0.2, -0.15) is 0 Å². The maximum absolute atomic E-state index is 2.47. The number of benzene rings is 4. The van der Waals surface area contributed by atoms with Gasteiger partial charge in [-0.1, -0.05) is 124 Å². The van der Waals surface area contributed by atoms with Crippen molar-refractivity contribution in [3.63, 3.8) is 0 Å². The van der Waals surface area contributed by atoms with Gasteiger partial charge in [0.1, 0.15) is 0 Å². The lowest BCUT2D eigenvalue weighted by Crippen LogP contribution is -2.28. The summed E-state index contributed by atoms with van der Waals surface area (Å²) in [7, 11) is -1.15. The molecule has 0 unspecified atom stereocenters. The highest BCUT2D eigenvalue weighted by Gasteiger charge is 2.33. The van der Waals surface area contributed by atoms with Crippen molar-refractivity contribution >= 4 is 37.1 Å². The van der Waals surface area contributed by atoms with Crippen molar-refractivity contribution in [1.29, 1.82) is 0 Å². The molecule has 4 aromatic rings. The van der Waals surface area contributed by atoms with E-state index in [1.165, 1.54) is 65.7 Å². The molecule has 0 radical (unpaired) electrons. The first kappa shape index (κ1) is 27.8. The van der Waals surface area contributed by atoms with Gasteiger partial charge in [-0.3, -0.25) is 0 Å². The predicted octanol–water partition coefficient (Wildman–Crippen LogP) is 8.46. The maximum atomic E-state index is 2.47. The van der Waals surface area contributed by atoms with Crippen LogP contribution in [0.2, 0.25) is 0 Å². The van der Waals surface area contributed by atoms with Crippen molar-refractivity contribution in [3.05, 3.63) is 117 Å². The van der Waals surface area contributed by atoms with E-state index >= 15 is 0 Å². The van der Waals surface area contributed by atoms with Crippen LogP contribution >= 0.6 is 15.8 Å². The lowest BCUT2D eigenvalue weighted by Gasteiger charge is -2.36. The van der Waals surface area contributed by atoms with Crippen molar-refractivity contribution < 1.29 is 0 Å². The molecular weight excluding hydrogens is 482 g/mol. The highest BCUT2D eigenvalue weighted by atomic mass is 31.2. The minimum absolute atomic E-state index is 0.537. The van der Waals surface area contributed by atoms with Crippen molar-refractivity contribution in [1.82, 2.24) is 0 Å². The summed E-state index contributed by atoms with van der Waals surface area (Å²) < 4.78 is 0.